The van der Waals surface area contributed by atoms with Crippen LogP contribution in [-0.4, -0.2) is 42.7 Å². The van der Waals surface area contributed by atoms with E-state index in [0.29, 0.717) is 11.6 Å². The number of piperazine rings is 1. The lowest BCUT2D eigenvalue weighted by molar-refractivity contribution is 0.193. The number of aliphatic hydroxyl groups is 1. The SMILES string of the molecule is CC(O)c1c(F)cccc1N1CCN(C)C(C)C1. The summed E-state index contributed by atoms with van der Waals surface area (Å²) < 4.78 is 13.8. The summed E-state index contributed by atoms with van der Waals surface area (Å²) in [4.78, 5) is 4.45. The monoisotopic (exact) mass is 252 g/mol. The second-order valence-corrected chi connectivity index (χ2v) is 5.12. The standard InChI is InChI=1S/C14H21FN2O/c1-10-9-17(8-7-16(10)3)13-6-4-5-12(15)14(13)11(2)18/h4-6,10-11,18H,7-9H2,1-3H3. The van der Waals surface area contributed by atoms with Crippen LogP contribution in [0.25, 0.3) is 0 Å². The van der Waals surface area contributed by atoms with Crippen LogP contribution < -0.4 is 4.90 Å². The van der Waals surface area contributed by atoms with Crippen molar-refractivity contribution in [1.29, 1.82) is 0 Å². The number of benzene rings is 1. The lowest BCUT2D eigenvalue weighted by atomic mass is 10.0. The summed E-state index contributed by atoms with van der Waals surface area (Å²) in [7, 11) is 2.10. The van der Waals surface area contributed by atoms with Gasteiger partial charge in [-0.25, -0.2) is 4.39 Å². The highest BCUT2D eigenvalue weighted by Gasteiger charge is 2.24. The van der Waals surface area contributed by atoms with Gasteiger partial charge in [-0.1, -0.05) is 6.07 Å². The molecule has 0 spiro atoms. The summed E-state index contributed by atoms with van der Waals surface area (Å²) in [6, 6.07) is 5.44. The molecule has 1 N–H and O–H groups in total. The van der Waals surface area contributed by atoms with Crippen LogP contribution in [0.2, 0.25) is 0 Å². The second kappa shape index (κ2) is 5.24. The molecule has 1 saturated heterocycles. The van der Waals surface area contributed by atoms with Crippen LogP contribution in [0, 0.1) is 5.82 Å². The zero-order valence-corrected chi connectivity index (χ0v) is 11.2. The van der Waals surface area contributed by atoms with Crippen molar-refractivity contribution in [3.05, 3.63) is 29.6 Å². The van der Waals surface area contributed by atoms with Gasteiger partial charge in [-0.3, -0.25) is 0 Å². The predicted octanol–water partition coefficient (Wildman–Crippen LogP) is 2.02. The first kappa shape index (κ1) is 13.3. The van der Waals surface area contributed by atoms with Crippen molar-refractivity contribution in [2.24, 2.45) is 0 Å². The molecule has 3 nitrogen and oxygen atoms in total. The van der Waals surface area contributed by atoms with Gasteiger partial charge in [0.05, 0.1) is 6.10 Å². The van der Waals surface area contributed by atoms with Gasteiger partial charge >= 0.3 is 0 Å². The maximum Gasteiger partial charge on any atom is 0.131 e. The number of rotatable bonds is 2. The third kappa shape index (κ3) is 2.49. The summed E-state index contributed by atoms with van der Waals surface area (Å²) in [6.45, 7) is 6.45. The van der Waals surface area contributed by atoms with Crippen molar-refractivity contribution in [2.45, 2.75) is 26.0 Å². The van der Waals surface area contributed by atoms with E-state index in [1.807, 2.05) is 6.07 Å². The topological polar surface area (TPSA) is 26.7 Å². The molecule has 0 amide bonds. The fraction of sp³-hybridized carbons (Fsp3) is 0.571. The molecular weight excluding hydrogens is 231 g/mol. The number of hydrogen-bond donors (Lipinski definition) is 1. The molecule has 2 unspecified atom stereocenters. The van der Waals surface area contributed by atoms with Gasteiger partial charge < -0.3 is 14.9 Å². The first-order valence-corrected chi connectivity index (χ1v) is 6.42. The first-order valence-electron chi connectivity index (χ1n) is 6.42. The molecule has 1 aliphatic rings. The van der Waals surface area contributed by atoms with E-state index in [9.17, 15) is 9.50 Å². The maximum absolute atomic E-state index is 13.8. The Kier molecular flexibility index (Phi) is 3.88. The van der Waals surface area contributed by atoms with Gasteiger partial charge in [-0.2, -0.15) is 0 Å². The van der Waals surface area contributed by atoms with E-state index in [0.717, 1.165) is 25.3 Å². The van der Waals surface area contributed by atoms with Crippen LogP contribution in [0.4, 0.5) is 10.1 Å². The predicted molar refractivity (Wildman–Crippen MR) is 71.3 cm³/mol. The van der Waals surface area contributed by atoms with E-state index in [1.165, 1.54) is 6.07 Å². The van der Waals surface area contributed by atoms with Crippen molar-refractivity contribution in [1.82, 2.24) is 4.90 Å². The number of aliphatic hydroxyl groups excluding tert-OH is 1. The molecule has 0 saturated carbocycles. The molecule has 0 aliphatic carbocycles. The average Bonchev–Trinajstić information content (AvgIpc) is 2.32. The highest BCUT2D eigenvalue weighted by atomic mass is 19.1. The summed E-state index contributed by atoms with van der Waals surface area (Å²) in [5, 5.41) is 9.76. The van der Waals surface area contributed by atoms with Gasteiger partial charge in [0.15, 0.2) is 0 Å². The lowest BCUT2D eigenvalue weighted by Gasteiger charge is -2.40. The second-order valence-electron chi connectivity index (χ2n) is 5.12. The zero-order chi connectivity index (χ0) is 13.3. The first-order chi connectivity index (χ1) is 8.50. The summed E-state index contributed by atoms with van der Waals surface area (Å²) in [5.41, 5.74) is 1.24. The maximum atomic E-state index is 13.8. The van der Waals surface area contributed by atoms with Crippen LogP contribution >= 0.6 is 0 Å². The van der Waals surface area contributed by atoms with Crippen molar-refractivity contribution in [3.8, 4) is 0 Å². The van der Waals surface area contributed by atoms with Crippen LogP contribution in [0.1, 0.15) is 25.5 Å². The molecule has 2 rings (SSSR count). The number of likely N-dealkylation sites (N-methyl/N-ethyl adjacent to an activating group) is 1. The Morgan fingerprint density at radius 1 is 1.39 bits per heavy atom. The van der Waals surface area contributed by atoms with Crippen LogP contribution in [-0.2, 0) is 0 Å². The minimum Gasteiger partial charge on any atom is -0.389 e. The molecule has 0 aromatic heterocycles. The van der Waals surface area contributed by atoms with Gasteiger partial charge in [0.2, 0.25) is 0 Å². The van der Waals surface area contributed by atoms with Crippen molar-refractivity contribution < 1.29 is 9.50 Å². The Bertz CT molecular complexity index is 422. The Hall–Kier alpha value is -1.13. The van der Waals surface area contributed by atoms with E-state index in [2.05, 4.69) is 23.8 Å². The molecule has 100 valence electrons. The third-order valence-electron chi connectivity index (χ3n) is 3.75. The smallest absolute Gasteiger partial charge is 0.131 e. The Balaban J connectivity index is 2.31. The van der Waals surface area contributed by atoms with Gasteiger partial charge in [0.25, 0.3) is 0 Å². The Labute approximate surface area is 108 Å². The third-order valence-corrected chi connectivity index (χ3v) is 3.75. The summed E-state index contributed by atoms with van der Waals surface area (Å²) in [6.07, 6.45) is -0.781. The van der Waals surface area contributed by atoms with Crippen LogP contribution in [0.3, 0.4) is 0 Å². The number of anilines is 1. The minimum absolute atomic E-state index is 0.325. The van der Waals surface area contributed by atoms with Gasteiger partial charge in [-0.05, 0) is 33.0 Å². The number of halogens is 1. The van der Waals surface area contributed by atoms with Gasteiger partial charge in [0, 0.05) is 36.9 Å². The molecule has 0 radical (unpaired) electrons. The van der Waals surface area contributed by atoms with E-state index in [-0.39, 0.29) is 5.82 Å². The van der Waals surface area contributed by atoms with Gasteiger partial charge in [-0.15, -0.1) is 0 Å². The largest absolute Gasteiger partial charge is 0.389 e. The molecule has 1 aliphatic heterocycles. The highest BCUT2D eigenvalue weighted by Crippen LogP contribution is 2.30. The molecule has 4 heteroatoms. The molecular formula is C14H21FN2O. The normalized spacial score (nSPS) is 23.2. The minimum atomic E-state index is -0.781. The highest BCUT2D eigenvalue weighted by molar-refractivity contribution is 5.55. The quantitative estimate of drug-likeness (QED) is 0.872. The van der Waals surface area contributed by atoms with E-state index < -0.39 is 6.10 Å². The summed E-state index contributed by atoms with van der Waals surface area (Å²) >= 11 is 0. The Morgan fingerprint density at radius 3 is 2.72 bits per heavy atom. The van der Waals surface area contributed by atoms with E-state index >= 15 is 0 Å². The van der Waals surface area contributed by atoms with Gasteiger partial charge in [0.1, 0.15) is 5.82 Å². The molecule has 18 heavy (non-hydrogen) atoms. The van der Waals surface area contributed by atoms with Crippen LogP contribution in [0.15, 0.2) is 18.2 Å². The zero-order valence-electron chi connectivity index (χ0n) is 11.2. The average molecular weight is 252 g/mol. The molecule has 0 bridgehead atoms. The number of nitrogens with zero attached hydrogens (tertiary/aromatic N) is 2. The van der Waals surface area contributed by atoms with E-state index in [4.69, 9.17) is 0 Å². The number of hydrogen-bond acceptors (Lipinski definition) is 3. The fourth-order valence-corrected chi connectivity index (χ4v) is 2.48. The molecule has 1 aromatic carbocycles. The molecule has 1 fully saturated rings. The fourth-order valence-electron chi connectivity index (χ4n) is 2.48. The molecule has 2 atom stereocenters. The van der Waals surface area contributed by atoms with Crippen LogP contribution in [0.5, 0.6) is 0 Å². The lowest BCUT2D eigenvalue weighted by Crippen LogP contribution is -2.50. The van der Waals surface area contributed by atoms with Crippen molar-refractivity contribution in [3.63, 3.8) is 0 Å². The van der Waals surface area contributed by atoms with Crippen molar-refractivity contribution in [2.75, 3.05) is 31.6 Å². The Morgan fingerprint density at radius 2 is 2.11 bits per heavy atom. The summed E-state index contributed by atoms with van der Waals surface area (Å²) in [5.74, 6) is -0.325. The van der Waals surface area contributed by atoms with Crippen molar-refractivity contribution >= 4 is 5.69 Å². The molecule has 1 heterocycles. The molecule has 1 aromatic rings. The van der Waals surface area contributed by atoms with E-state index in [1.54, 1.807) is 13.0 Å².